The van der Waals surface area contributed by atoms with Gasteiger partial charge in [0.2, 0.25) is 10.0 Å². The Labute approximate surface area is 114 Å². The predicted octanol–water partition coefficient (Wildman–Crippen LogP) is -0.453. The number of urea groups is 1. The molecule has 0 aromatic carbocycles. The lowest BCUT2D eigenvalue weighted by atomic mass is 9.87. The lowest BCUT2D eigenvalue weighted by Gasteiger charge is -2.28. The maximum absolute atomic E-state index is 11.6. The minimum absolute atomic E-state index is 0. The van der Waals surface area contributed by atoms with E-state index in [9.17, 15) is 13.2 Å². The van der Waals surface area contributed by atoms with Crippen LogP contribution in [0.4, 0.5) is 4.79 Å². The van der Waals surface area contributed by atoms with Gasteiger partial charge < -0.3 is 11.1 Å². The number of primary amides is 1. The van der Waals surface area contributed by atoms with E-state index in [1.807, 2.05) is 17.2 Å². The third-order valence-electron chi connectivity index (χ3n) is 3.00. The summed E-state index contributed by atoms with van der Waals surface area (Å²) in [5.74, 6) is 0.462. The van der Waals surface area contributed by atoms with Crippen molar-refractivity contribution in [3.63, 3.8) is 0 Å². The van der Waals surface area contributed by atoms with Gasteiger partial charge in [0.15, 0.2) is 0 Å². The highest BCUT2D eigenvalue weighted by molar-refractivity contribution is 7.89. The van der Waals surface area contributed by atoms with Crippen LogP contribution in [0.5, 0.6) is 0 Å². The van der Waals surface area contributed by atoms with Gasteiger partial charge in [0.25, 0.3) is 0 Å². The number of rotatable bonds is 5. The standard InChI is InChI=1S/C9H20N4O3S.ClH/c1-7(8-2-4-11-5-3-8)6-17(15,16)13-12-9(10)14;/h7-8,11,13H,2-6H2,1H3,(H3,10,12,14);1H. The van der Waals surface area contributed by atoms with Crippen molar-refractivity contribution in [2.75, 3.05) is 18.8 Å². The van der Waals surface area contributed by atoms with Crippen molar-refractivity contribution in [2.45, 2.75) is 19.8 Å². The molecule has 0 aliphatic carbocycles. The van der Waals surface area contributed by atoms with E-state index in [0.29, 0.717) is 5.92 Å². The highest BCUT2D eigenvalue weighted by atomic mass is 35.5. The van der Waals surface area contributed by atoms with Crippen molar-refractivity contribution in [3.05, 3.63) is 0 Å². The molecule has 108 valence electrons. The molecule has 0 spiro atoms. The predicted molar refractivity (Wildman–Crippen MR) is 71.6 cm³/mol. The van der Waals surface area contributed by atoms with E-state index in [1.165, 1.54) is 0 Å². The van der Waals surface area contributed by atoms with Crippen molar-refractivity contribution in [2.24, 2.45) is 17.6 Å². The Hall–Kier alpha value is -0.570. The van der Waals surface area contributed by atoms with Crippen LogP contribution in [0.25, 0.3) is 0 Å². The van der Waals surface area contributed by atoms with Crippen LogP contribution in [0.1, 0.15) is 19.8 Å². The van der Waals surface area contributed by atoms with Crippen molar-refractivity contribution >= 4 is 28.5 Å². The minimum atomic E-state index is -3.51. The molecule has 1 saturated heterocycles. The molecule has 2 amide bonds. The number of sulfonamides is 1. The highest BCUT2D eigenvalue weighted by Crippen LogP contribution is 2.22. The SMILES string of the molecule is CC(CS(=O)(=O)NNC(N)=O)C1CCNCC1.Cl. The molecule has 18 heavy (non-hydrogen) atoms. The summed E-state index contributed by atoms with van der Waals surface area (Å²) in [5, 5.41) is 3.23. The summed E-state index contributed by atoms with van der Waals surface area (Å²) in [5.41, 5.74) is 6.67. The molecule has 0 bridgehead atoms. The van der Waals surface area contributed by atoms with Gasteiger partial charge in [0, 0.05) is 0 Å². The number of amides is 2. The molecule has 0 aromatic rings. The summed E-state index contributed by atoms with van der Waals surface area (Å²) in [4.78, 5) is 12.4. The number of nitrogens with one attached hydrogen (secondary N) is 3. The van der Waals surface area contributed by atoms with E-state index in [4.69, 9.17) is 5.73 Å². The molecule has 1 aliphatic heterocycles. The van der Waals surface area contributed by atoms with E-state index >= 15 is 0 Å². The number of carbonyl (C=O) groups is 1. The molecule has 0 radical (unpaired) electrons. The lowest BCUT2D eigenvalue weighted by molar-refractivity contribution is 0.247. The quantitative estimate of drug-likeness (QED) is 0.515. The fourth-order valence-electron chi connectivity index (χ4n) is 2.07. The number of piperidine rings is 1. The summed E-state index contributed by atoms with van der Waals surface area (Å²) in [6.07, 6.45) is 1.97. The van der Waals surface area contributed by atoms with Gasteiger partial charge in [-0.05, 0) is 37.8 Å². The van der Waals surface area contributed by atoms with Crippen molar-refractivity contribution in [1.82, 2.24) is 15.6 Å². The Balaban J connectivity index is 0.00000289. The van der Waals surface area contributed by atoms with E-state index in [-0.39, 0.29) is 24.1 Å². The normalized spacial score (nSPS) is 18.7. The zero-order valence-corrected chi connectivity index (χ0v) is 11.9. The number of hydrazine groups is 1. The van der Waals surface area contributed by atoms with Crippen LogP contribution in [-0.4, -0.2) is 33.3 Å². The third kappa shape index (κ3) is 6.39. The van der Waals surface area contributed by atoms with Crippen LogP contribution < -0.4 is 21.3 Å². The van der Waals surface area contributed by atoms with Gasteiger partial charge in [-0.25, -0.2) is 13.2 Å². The van der Waals surface area contributed by atoms with Crippen LogP contribution in [0, 0.1) is 11.8 Å². The second kappa shape index (κ2) is 7.78. The van der Waals surface area contributed by atoms with Crippen molar-refractivity contribution < 1.29 is 13.2 Å². The first-order chi connectivity index (χ1) is 7.91. The second-order valence-electron chi connectivity index (χ2n) is 4.44. The van der Waals surface area contributed by atoms with Gasteiger partial charge in [-0.3, -0.25) is 5.43 Å². The van der Waals surface area contributed by atoms with Gasteiger partial charge in [-0.2, -0.15) is 0 Å². The smallest absolute Gasteiger partial charge is 0.327 e. The summed E-state index contributed by atoms with van der Waals surface area (Å²) < 4.78 is 23.2. The fraction of sp³-hybridized carbons (Fsp3) is 0.889. The molecule has 1 fully saturated rings. The van der Waals surface area contributed by atoms with Crippen molar-refractivity contribution in [1.29, 1.82) is 0 Å². The lowest BCUT2D eigenvalue weighted by Crippen LogP contribution is -2.46. The number of nitrogens with two attached hydrogens (primary N) is 1. The van der Waals surface area contributed by atoms with E-state index in [0.717, 1.165) is 25.9 Å². The molecular formula is C9H21ClN4O3S. The van der Waals surface area contributed by atoms with Crippen LogP contribution in [0.15, 0.2) is 0 Å². The topological polar surface area (TPSA) is 113 Å². The first-order valence-electron chi connectivity index (χ1n) is 5.66. The summed E-state index contributed by atoms with van der Waals surface area (Å²) in [6, 6.07) is -0.914. The van der Waals surface area contributed by atoms with E-state index < -0.39 is 16.1 Å². The molecule has 1 unspecified atom stereocenters. The summed E-state index contributed by atoms with van der Waals surface area (Å²) in [7, 11) is -3.51. The minimum Gasteiger partial charge on any atom is -0.351 e. The Morgan fingerprint density at radius 1 is 1.44 bits per heavy atom. The van der Waals surface area contributed by atoms with Gasteiger partial charge in [0.05, 0.1) is 5.75 Å². The van der Waals surface area contributed by atoms with Crippen LogP contribution >= 0.6 is 12.4 Å². The first-order valence-corrected chi connectivity index (χ1v) is 7.31. The Kier molecular flexibility index (Phi) is 7.53. The number of halogens is 1. The van der Waals surface area contributed by atoms with E-state index in [2.05, 4.69) is 5.32 Å². The van der Waals surface area contributed by atoms with Crippen LogP contribution in [0.2, 0.25) is 0 Å². The Morgan fingerprint density at radius 2 is 2.00 bits per heavy atom. The molecule has 1 heterocycles. The first kappa shape index (κ1) is 17.4. The molecular weight excluding hydrogens is 280 g/mol. The third-order valence-corrected chi connectivity index (χ3v) is 4.38. The number of carbonyl (C=O) groups excluding carboxylic acids is 1. The van der Waals surface area contributed by atoms with Crippen molar-refractivity contribution in [3.8, 4) is 0 Å². The van der Waals surface area contributed by atoms with Crippen LogP contribution in [-0.2, 0) is 10.0 Å². The molecule has 1 aliphatic rings. The van der Waals surface area contributed by atoms with Gasteiger partial charge in [0.1, 0.15) is 0 Å². The molecule has 7 nitrogen and oxygen atoms in total. The van der Waals surface area contributed by atoms with E-state index in [1.54, 1.807) is 0 Å². The zero-order chi connectivity index (χ0) is 12.9. The van der Waals surface area contributed by atoms with Crippen LogP contribution in [0.3, 0.4) is 0 Å². The summed E-state index contributed by atoms with van der Waals surface area (Å²) >= 11 is 0. The average molecular weight is 301 g/mol. The molecule has 0 aromatic heterocycles. The second-order valence-corrected chi connectivity index (χ2v) is 6.20. The number of hydrogen-bond donors (Lipinski definition) is 4. The Morgan fingerprint density at radius 3 is 2.50 bits per heavy atom. The van der Waals surface area contributed by atoms with Gasteiger partial charge in [-0.1, -0.05) is 6.92 Å². The summed E-state index contributed by atoms with van der Waals surface area (Å²) in [6.45, 7) is 3.78. The maximum atomic E-state index is 11.6. The van der Waals surface area contributed by atoms with Gasteiger partial charge in [-0.15, -0.1) is 17.2 Å². The Bertz CT molecular complexity index is 357. The molecule has 1 rings (SSSR count). The zero-order valence-electron chi connectivity index (χ0n) is 10.3. The average Bonchev–Trinajstić information content (AvgIpc) is 2.27. The molecule has 1 atom stereocenters. The largest absolute Gasteiger partial charge is 0.351 e. The highest BCUT2D eigenvalue weighted by Gasteiger charge is 2.24. The molecule has 0 saturated carbocycles. The molecule has 9 heteroatoms. The fourth-order valence-corrected chi connectivity index (χ4v) is 3.37. The number of hydrogen-bond acceptors (Lipinski definition) is 4. The monoisotopic (exact) mass is 300 g/mol. The maximum Gasteiger partial charge on any atom is 0.327 e. The molecule has 5 N–H and O–H groups in total. The van der Waals surface area contributed by atoms with Gasteiger partial charge >= 0.3 is 6.03 Å².